The number of nitrogens with one attached hydrogen (secondary N) is 2. The first-order valence-corrected chi connectivity index (χ1v) is 10.1. The molecule has 0 unspecified atom stereocenters. The maximum absolute atomic E-state index is 14.0. The molecule has 0 spiro atoms. The first-order chi connectivity index (χ1) is 15.5. The lowest BCUT2D eigenvalue weighted by molar-refractivity contribution is 0.627. The van der Waals surface area contributed by atoms with E-state index in [0.717, 1.165) is 55.6 Å². The van der Waals surface area contributed by atoms with Crippen LogP contribution in [0.1, 0.15) is 5.56 Å². The van der Waals surface area contributed by atoms with Crippen molar-refractivity contribution in [1.29, 1.82) is 0 Å². The van der Waals surface area contributed by atoms with Crippen molar-refractivity contribution >= 4 is 22.1 Å². The number of hydrogen-bond acceptors (Lipinski definition) is 4. The summed E-state index contributed by atoms with van der Waals surface area (Å²) >= 11 is 0. The van der Waals surface area contributed by atoms with Crippen LogP contribution in [0.5, 0.6) is 0 Å². The van der Waals surface area contributed by atoms with Gasteiger partial charge in [0.1, 0.15) is 11.5 Å². The quantitative estimate of drug-likeness (QED) is 0.419. The van der Waals surface area contributed by atoms with Gasteiger partial charge in [-0.15, -0.1) is 0 Å². The van der Waals surface area contributed by atoms with Gasteiger partial charge in [-0.2, -0.15) is 10.2 Å². The highest BCUT2D eigenvalue weighted by Crippen LogP contribution is 2.34. The van der Waals surface area contributed by atoms with Crippen LogP contribution in [0.4, 0.5) is 4.39 Å². The molecule has 1 aromatic carbocycles. The van der Waals surface area contributed by atoms with Crippen molar-refractivity contribution in [3.05, 3.63) is 72.6 Å². The maximum Gasteiger partial charge on any atom is 0.181 e. The molecule has 32 heavy (non-hydrogen) atoms. The van der Waals surface area contributed by atoms with Crippen LogP contribution in [0.2, 0.25) is 0 Å². The fourth-order valence-electron chi connectivity index (χ4n) is 4.14. The van der Waals surface area contributed by atoms with Gasteiger partial charge in [-0.3, -0.25) is 9.78 Å². The van der Waals surface area contributed by atoms with Crippen molar-refractivity contribution in [2.24, 2.45) is 7.05 Å². The van der Waals surface area contributed by atoms with Crippen LogP contribution in [0, 0.1) is 12.7 Å². The van der Waals surface area contributed by atoms with Gasteiger partial charge in [0.15, 0.2) is 5.65 Å². The SMILES string of the molecule is Cc1cc(F)cc(-c2ccnc3[nH]c(-c4[nH]nc5ncc(-c6cnn(C)c6)cc45)cc23)c1. The van der Waals surface area contributed by atoms with Gasteiger partial charge in [0.05, 0.1) is 17.6 Å². The first kappa shape index (κ1) is 18.4. The van der Waals surface area contributed by atoms with E-state index in [-0.39, 0.29) is 5.82 Å². The second-order valence-corrected chi connectivity index (χ2v) is 7.92. The van der Waals surface area contributed by atoms with Crippen LogP contribution < -0.4 is 0 Å². The predicted molar refractivity (Wildman–Crippen MR) is 121 cm³/mol. The van der Waals surface area contributed by atoms with E-state index in [2.05, 4.69) is 30.2 Å². The van der Waals surface area contributed by atoms with Crippen molar-refractivity contribution in [3.63, 3.8) is 0 Å². The van der Waals surface area contributed by atoms with E-state index in [1.165, 1.54) is 6.07 Å². The van der Waals surface area contributed by atoms with Crippen molar-refractivity contribution in [2.45, 2.75) is 6.92 Å². The van der Waals surface area contributed by atoms with E-state index in [4.69, 9.17) is 0 Å². The molecule has 8 heteroatoms. The Hall–Kier alpha value is -4.33. The number of aromatic nitrogens is 7. The second-order valence-electron chi connectivity index (χ2n) is 7.92. The summed E-state index contributed by atoms with van der Waals surface area (Å²) in [5.74, 6) is -0.255. The van der Waals surface area contributed by atoms with Crippen molar-refractivity contribution < 1.29 is 4.39 Å². The third-order valence-electron chi connectivity index (χ3n) is 5.60. The van der Waals surface area contributed by atoms with E-state index < -0.39 is 0 Å². The second kappa shape index (κ2) is 6.84. The maximum atomic E-state index is 14.0. The summed E-state index contributed by atoms with van der Waals surface area (Å²) < 4.78 is 15.8. The molecular formula is C24H18FN7. The molecule has 0 bridgehead atoms. The molecule has 2 N–H and O–H groups in total. The topological polar surface area (TPSA) is 88.1 Å². The van der Waals surface area contributed by atoms with Crippen LogP contribution in [-0.4, -0.2) is 34.9 Å². The summed E-state index contributed by atoms with van der Waals surface area (Å²) in [7, 11) is 1.88. The molecule has 0 fully saturated rings. The normalized spacial score (nSPS) is 11.6. The van der Waals surface area contributed by atoms with Gasteiger partial charge in [-0.05, 0) is 53.9 Å². The molecule has 0 radical (unpaired) electrons. The minimum absolute atomic E-state index is 0.255. The molecule has 5 heterocycles. The lowest BCUT2D eigenvalue weighted by atomic mass is 10.0. The molecule has 0 aliphatic rings. The Balaban J connectivity index is 1.51. The molecule has 6 aromatic rings. The fraction of sp³-hybridized carbons (Fsp3) is 0.0833. The summed E-state index contributed by atoms with van der Waals surface area (Å²) in [5.41, 5.74) is 7.54. The highest BCUT2D eigenvalue weighted by Gasteiger charge is 2.16. The fourth-order valence-corrected chi connectivity index (χ4v) is 4.14. The smallest absolute Gasteiger partial charge is 0.181 e. The zero-order chi connectivity index (χ0) is 21.8. The highest BCUT2D eigenvalue weighted by atomic mass is 19.1. The monoisotopic (exact) mass is 423 g/mol. The predicted octanol–water partition coefficient (Wildman–Crippen LogP) is 5.02. The van der Waals surface area contributed by atoms with E-state index in [1.54, 1.807) is 23.1 Å². The van der Waals surface area contributed by atoms with Crippen LogP contribution in [-0.2, 0) is 7.05 Å². The Labute approximate surface area is 182 Å². The number of aryl methyl sites for hydroxylation is 2. The van der Waals surface area contributed by atoms with E-state index >= 15 is 0 Å². The molecule has 0 aliphatic heterocycles. The van der Waals surface area contributed by atoms with Gasteiger partial charge in [0, 0.05) is 47.5 Å². The molecular weight excluding hydrogens is 405 g/mol. The summed E-state index contributed by atoms with van der Waals surface area (Å²) in [4.78, 5) is 12.4. The molecule has 0 saturated carbocycles. The Bertz CT molecular complexity index is 1600. The van der Waals surface area contributed by atoms with Crippen LogP contribution in [0.3, 0.4) is 0 Å². The molecule has 0 amide bonds. The summed E-state index contributed by atoms with van der Waals surface area (Å²) in [6, 6.07) is 11.0. The highest BCUT2D eigenvalue weighted by molar-refractivity contribution is 5.99. The average molecular weight is 423 g/mol. The third-order valence-corrected chi connectivity index (χ3v) is 5.60. The average Bonchev–Trinajstić information content (AvgIpc) is 3.49. The Morgan fingerprint density at radius 3 is 2.66 bits per heavy atom. The Kier molecular flexibility index (Phi) is 3.94. The number of hydrogen-bond donors (Lipinski definition) is 2. The summed E-state index contributed by atoms with van der Waals surface area (Å²) in [6.07, 6.45) is 7.28. The molecule has 0 saturated heterocycles. The zero-order valence-corrected chi connectivity index (χ0v) is 17.4. The van der Waals surface area contributed by atoms with Gasteiger partial charge in [-0.1, -0.05) is 6.07 Å². The van der Waals surface area contributed by atoms with E-state index in [9.17, 15) is 4.39 Å². The minimum atomic E-state index is -0.255. The van der Waals surface area contributed by atoms with Gasteiger partial charge in [-0.25, -0.2) is 14.4 Å². The van der Waals surface area contributed by atoms with Crippen molar-refractivity contribution in [1.82, 2.24) is 34.9 Å². The van der Waals surface area contributed by atoms with E-state index in [0.29, 0.717) is 5.65 Å². The minimum Gasteiger partial charge on any atom is -0.338 e. The van der Waals surface area contributed by atoms with Gasteiger partial charge in [0.2, 0.25) is 0 Å². The Morgan fingerprint density at radius 2 is 1.84 bits per heavy atom. The van der Waals surface area contributed by atoms with Crippen LogP contribution in [0.25, 0.3) is 55.7 Å². The largest absolute Gasteiger partial charge is 0.338 e. The van der Waals surface area contributed by atoms with Gasteiger partial charge < -0.3 is 4.98 Å². The van der Waals surface area contributed by atoms with E-state index in [1.807, 2.05) is 50.6 Å². The third kappa shape index (κ3) is 2.96. The molecule has 5 aromatic heterocycles. The Morgan fingerprint density at radius 1 is 0.938 bits per heavy atom. The van der Waals surface area contributed by atoms with Gasteiger partial charge >= 0.3 is 0 Å². The van der Waals surface area contributed by atoms with Crippen LogP contribution in [0.15, 0.2) is 61.2 Å². The lowest BCUT2D eigenvalue weighted by Gasteiger charge is -2.05. The first-order valence-electron chi connectivity index (χ1n) is 10.1. The zero-order valence-electron chi connectivity index (χ0n) is 17.4. The summed E-state index contributed by atoms with van der Waals surface area (Å²) in [5, 5.41) is 13.5. The summed E-state index contributed by atoms with van der Waals surface area (Å²) in [6.45, 7) is 1.89. The molecule has 0 aliphatic carbocycles. The van der Waals surface area contributed by atoms with Crippen molar-refractivity contribution in [3.8, 4) is 33.6 Å². The number of benzene rings is 1. The number of fused-ring (bicyclic) bond motifs is 2. The molecule has 156 valence electrons. The number of nitrogens with zero attached hydrogens (tertiary/aromatic N) is 5. The van der Waals surface area contributed by atoms with Crippen molar-refractivity contribution in [2.75, 3.05) is 0 Å². The molecule has 7 nitrogen and oxygen atoms in total. The lowest BCUT2D eigenvalue weighted by Crippen LogP contribution is -1.85. The number of rotatable bonds is 3. The number of H-pyrrole nitrogens is 2. The molecule has 0 atom stereocenters. The van der Waals surface area contributed by atoms with Crippen LogP contribution >= 0.6 is 0 Å². The molecule has 6 rings (SSSR count). The van der Waals surface area contributed by atoms with Gasteiger partial charge in [0.25, 0.3) is 0 Å². The standard InChI is InChI=1S/C24H18FN7/c1-13-5-14(7-17(25)6-13)18-3-4-26-23-19(18)9-21(29-23)22-20-8-15(10-27-24(20)31-30-22)16-11-28-32(2)12-16/h3-12H,1-2H3,(H,26,29)(H,27,30,31). The number of halogens is 1. The number of aromatic amines is 2. The number of pyridine rings is 2.